The number of anilines is 1. The summed E-state index contributed by atoms with van der Waals surface area (Å²) in [5, 5.41) is 0.349. The van der Waals surface area contributed by atoms with Crippen LogP contribution in [0.25, 0.3) is 22.3 Å². The normalized spacial score (nSPS) is 16.9. The van der Waals surface area contributed by atoms with Gasteiger partial charge in [0.2, 0.25) is 0 Å². The first-order valence-electron chi connectivity index (χ1n) is 11.3. The molecule has 1 aliphatic rings. The number of aromatic nitrogens is 4. The zero-order valence-electron chi connectivity index (χ0n) is 19.8. The van der Waals surface area contributed by atoms with Crippen LogP contribution in [0.5, 0.6) is 0 Å². The molecule has 4 aromatic rings. The number of thioether (sulfide) groups is 1. The Morgan fingerprint density at radius 2 is 1.86 bits per heavy atom. The maximum Gasteiger partial charge on any atom is 0.419 e. The van der Waals surface area contributed by atoms with Crippen molar-refractivity contribution in [1.82, 2.24) is 18.9 Å². The van der Waals surface area contributed by atoms with Crippen molar-refractivity contribution in [2.45, 2.75) is 29.2 Å². The van der Waals surface area contributed by atoms with Crippen molar-refractivity contribution in [3.63, 3.8) is 0 Å². The highest BCUT2D eigenvalue weighted by atomic mass is 32.2. The van der Waals surface area contributed by atoms with Crippen molar-refractivity contribution in [3.8, 4) is 11.3 Å². The van der Waals surface area contributed by atoms with Crippen LogP contribution in [-0.2, 0) is 20.9 Å². The van der Waals surface area contributed by atoms with Crippen molar-refractivity contribution in [3.05, 3.63) is 60.4 Å². The third kappa shape index (κ3) is 4.66. The molecule has 0 saturated carbocycles. The zero-order valence-corrected chi connectivity index (χ0v) is 21.4. The smallest absolute Gasteiger partial charge is 0.377 e. The molecular weight excluding hydrogens is 527 g/mol. The molecule has 0 aliphatic carbocycles. The van der Waals surface area contributed by atoms with Gasteiger partial charge < -0.3 is 9.64 Å². The van der Waals surface area contributed by atoms with Gasteiger partial charge in [0, 0.05) is 29.9 Å². The number of hydrogen-bond acceptors (Lipinski definition) is 8. The fraction of sp³-hybridized carbons (Fsp3) is 0.292. The Morgan fingerprint density at radius 1 is 1.11 bits per heavy atom. The first-order valence-corrected chi connectivity index (χ1v) is 13.9. The molecule has 0 unspecified atom stereocenters. The van der Waals surface area contributed by atoms with Gasteiger partial charge in [-0.2, -0.15) is 13.2 Å². The third-order valence-corrected chi connectivity index (χ3v) is 8.30. The first-order chi connectivity index (χ1) is 17.6. The van der Waals surface area contributed by atoms with Crippen LogP contribution < -0.4 is 4.90 Å². The Kier molecular flexibility index (Phi) is 6.62. The topological polar surface area (TPSA) is 90.2 Å². The number of nitrogens with zero attached hydrogens (tertiary/aromatic N) is 5. The first kappa shape index (κ1) is 25.5. The highest BCUT2D eigenvalue weighted by molar-refractivity contribution is 7.98. The predicted molar refractivity (Wildman–Crippen MR) is 134 cm³/mol. The Bertz CT molecular complexity index is 1560. The summed E-state index contributed by atoms with van der Waals surface area (Å²) >= 11 is 1.08. The summed E-state index contributed by atoms with van der Waals surface area (Å²) in [6, 6.07) is 10.9. The number of morpholine rings is 1. The van der Waals surface area contributed by atoms with E-state index < -0.39 is 27.5 Å². The third-order valence-electron chi connectivity index (χ3n) is 6.08. The number of pyridine rings is 1. The van der Waals surface area contributed by atoms with Crippen LogP contribution in [0.1, 0.15) is 12.5 Å². The largest absolute Gasteiger partial charge is 0.419 e. The quantitative estimate of drug-likeness (QED) is 0.262. The number of benzene rings is 1. The molecule has 194 valence electrons. The lowest BCUT2D eigenvalue weighted by Crippen LogP contribution is -2.44. The number of rotatable bonds is 5. The molecule has 0 bridgehead atoms. The molecule has 1 fully saturated rings. The maximum atomic E-state index is 14.0. The number of ether oxygens (including phenoxy) is 1. The summed E-state index contributed by atoms with van der Waals surface area (Å²) in [5.41, 5.74) is -1.47. The molecule has 5 rings (SSSR count). The van der Waals surface area contributed by atoms with E-state index in [0.29, 0.717) is 25.6 Å². The molecule has 0 radical (unpaired) electrons. The summed E-state index contributed by atoms with van der Waals surface area (Å²) in [5.74, 6) is 0.501. The summed E-state index contributed by atoms with van der Waals surface area (Å²) in [4.78, 5) is 14.5. The maximum absolute atomic E-state index is 14.0. The van der Waals surface area contributed by atoms with Crippen molar-refractivity contribution in [1.29, 1.82) is 0 Å². The minimum Gasteiger partial charge on any atom is -0.377 e. The average molecular weight is 550 g/mol. The van der Waals surface area contributed by atoms with Crippen LogP contribution >= 0.6 is 11.8 Å². The Labute approximate surface area is 215 Å². The molecule has 8 nitrogen and oxygen atoms in total. The van der Waals surface area contributed by atoms with E-state index in [-0.39, 0.29) is 32.7 Å². The Balaban J connectivity index is 1.80. The molecule has 0 spiro atoms. The molecule has 1 aromatic carbocycles. The van der Waals surface area contributed by atoms with E-state index in [0.717, 1.165) is 28.1 Å². The van der Waals surface area contributed by atoms with E-state index in [1.54, 1.807) is 36.6 Å². The molecule has 1 aliphatic heterocycles. The van der Waals surface area contributed by atoms with E-state index in [1.165, 1.54) is 12.1 Å². The summed E-state index contributed by atoms with van der Waals surface area (Å²) in [6.07, 6.45) is -1.23. The van der Waals surface area contributed by atoms with Gasteiger partial charge in [-0.1, -0.05) is 30.0 Å². The Morgan fingerprint density at radius 3 is 2.54 bits per heavy atom. The van der Waals surface area contributed by atoms with Crippen molar-refractivity contribution < 1.29 is 26.3 Å². The van der Waals surface area contributed by atoms with Crippen LogP contribution in [0.15, 0.2) is 64.9 Å². The van der Waals surface area contributed by atoms with E-state index in [9.17, 15) is 21.6 Å². The summed E-state index contributed by atoms with van der Waals surface area (Å²) in [7, 11) is -4.20. The van der Waals surface area contributed by atoms with Gasteiger partial charge in [-0.25, -0.2) is 27.3 Å². The molecule has 4 heterocycles. The van der Waals surface area contributed by atoms with Crippen LogP contribution in [0.3, 0.4) is 0 Å². The zero-order chi connectivity index (χ0) is 26.4. The summed E-state index contributed by atoms with van der Waals surface area (Å²) in [6.45, 7) is 3.45. The highest BCUT2D eigenvalue weighted by Crippen LogP contribution is 2.40. The Hall–Kier alpha value is -3.16. The van der Waals surface area contributed by atoms with Gasteiger partial charge in [0.05, 0.1) is 29.8 Å². The monoisotopic (exact) mass is 549 g/mol. The second-order valence-corrected chi connectivity index (χ2v) is 11.0. The van der Waals surface area contributed by atoms with Gasteiger partial charge in [-0.15, -0.1) is 0 Å². The van der Waals surface area contributed by atoms with Crippen molar-refractivity contribution in [2.75, 3.05) is 30.9 Å². The van der Waals surface area contributed by atoms with Crippen LogP contribution in [-0.4, -0.2) is 59.4 Å². The number of hydrogen-bond donors (Lipinski definition) is 0. The molecule has 0 N–H and O–H groups in total. The molecular formula is C24H22F3N5O3S2. The van der Waals surface area contributed by atoms with Crippen LogP contribution in [0, 0.1) is 0 Å². The van der Waals surface area contributed by atoms with Gasteiger partial charge in [-0.3, -0.25) is 0 Å². The predicted octanol–water partition coefficient (Wildman–Crippen LogP) is 4.70. The second kappa shape index (κ2) is 9.62. The fourth-order valence-electron chi connectivity index (χ4n) is 4.25. The molecule has 37 heavy (non-hydrogen) atoms. The van der Waals surface area contributed by atoms with E-state index in [2.05, 4.69) is 15.0 Å². The number of alkyl halides is 3. The average Bonchev–Trinajstić information content (AvgIpc) is 3.28. The standard InChI is InChI=1S/C24H22F3N5O3S2/c1-15-14-35-11-10-31(15)20-9-8-17-18(21-19(24(25,26)27)12-28-23(30-21)36-2)13-32(22(17)29-20)37(33,34)16-6-4-3-5-7-16/h3-9,12-13,15H,10-11,14H2,1-2H3/t15-/m0/s1. The van der Waals surface area contributed by atoms with E-state index in [1.807, 2.05) is 11.8 Å². The highest BCUT2D eigenvalue weighted by Gasteiger charge is 2.37. The number of halogens is 3. The molecule has 1 saturated heterocycles. The second-order valence-electron chi connectivity index (χ2n) is 8.43. The molecule has 13 heteroatoms. The minimum atomic E-state index is -4.75. The van der Waals surface area contributed by atoms with Crippen LogP contribution in [0.4, 0.5) is 19.0 Å². The van der Waals surface area contributed by atoms with E-state index in [4.69, 9.17) is 4.74 Å². The lowest BCUT2D eigenvalue weighted by atomic mass is 10.1. The molecule has 3 aromatic heterocycles. The molecule has 0 amide bonds. The van der Waals surface area contributed by atoms with E-state index >= 15 is 0 Å². The lowest BCUT2D eigenvalue weighted by Gasteiger charge is -2.34. The van der Waals surface area contributed by atoms with Crippen LogP contribution in [0.2, 0.25) is 0 Å². The van der Waals surface area contributed by atoms with Gasteiger partial charge in [0.1, 0.15) is 11.4 Å². The minimum absolute atomic E-state index is 0.00592. The van der Waals surface area contributed by atoms with Crippen molar-refractivity contribution >= 4 is 38.6 Å². The SMILES string of the molecule is CSc1ncc(C(F)(F)F)c(-c2cn(S(=O)(=O)c3ccccc3)c3nc(N4CCOC[C@@H]4C)ccc23)n1. The molecule has 1 atom stereocenters. The lowest BCUT2D eigenvalue weighted by molar-refractivity contribution is -0.137. The van der Waals surface area contributed by atoms with Gasteiger partial charge in [0.15, 0.2) is 10.8 Å². The summed E-state index contributed by atoms with van der Waals surface area (Å²) < 4.78 is 75.7. The van der Waals surface area contributed by atoms with Gasteiger partial charge in [0.25, 0.3) is 10.0 Å². The van der Waals surface area contributed by atoms with Gasteiger partial charge in [-0.05, 0) is 37.4 Å². The van der Waals surface area contributed by atoms with Gasteiger partial charge >= 0.3 is 6.18 Å². The number of fused-ring (bicyclic) bond motifs is 1. The fourth-order valence-corrected chi connectivity index (χ4v) is 5.93. The van der Waals surface area contributed by atoms with Crippen molar-refractivity contribution in [2.24, 2.45) is 0 Å².